The van der Waals surface area contributed by atoms with Crippen LogP contribution in [0, 0.1) is 5.92 Å². The highest BCUT2D eigenvalue weighted by molar-refractivity contribution is 9.12. The number of allylic oxidation sites excluding steroid dienone is 1. The Morgan fingerprint density at radius 1 is 1.14 bits per heavy atom. The van der Waals surface area contributed by atoms with Crippen molar-refractivity contribution in [2.75, 3.05) is 20.8 Å². The summed E-state index contributed by atoms with van der Waals surface area (Å²) in [5.74, 6) is 1.62. The van der Waals surface area contributed by atoms with Crippen LogP contribution in [0.3, 0.4) is 0 Å². The minimum absolute atomic E-state index is 0.0788. The van der Waals surface area contributed by atoms with Crippen molar-refractivity contribution >= 4 is 45.1 Å². The molecule has 2 aromatic carbocycles. The number of amides is 1. The smallest absolute Gasteiger partial charge is 0.266 e. The van der Waals surface area contributed by atoms with Gasteiger partial charge in [0.15, 0.2) is 0 Å². The second kappa shape index (κ2) is 9.06. The Kier molecular flexibility index (Phi) is 6.70. The maximum Gasteiger partial charge on any atom is 0.266 e. The number of methoxy groups -OCH3 is 2. The summed E-state index contributed by atoms with van der Waals surface area (Å²) in [6.07, 6.45) is 1.99. The molecule has 1 amide bonds. The standard InChI is InChI=1S/C23H23BrClNO3/c1-14(2)13-26-19(11-15-6-5-7-17(10-15)28-3)21(22(24)23(26)27)18-12-16(25)8-9-20(18)29-4/h5-12,14H,13H2,1-4H3/b19-11-. The molecule has 2 aromatic rings. The van der Waals surface area contributed by atoms with E-state index in [2.05, 4.69) is 29.8 Å². The lowest BCUT2D eigenvalue weighted by Gasteiger charge is -2.23. The first-order valence-electron chi connectivity index (χ1n) is 9.27. The van der Waals surface area contributed by atoms with Gasteiger partial charge in [0.25, 0.3) is 5.91 Å². The number of hydrogen-bond acceptors (Lipinski definition) is 3. The van der Waals surface area contributed by atoms with Crippen molar-refractivity contribution in [3.8, 4) is 11.5 Å². The number of carbonyl (C=O) groups is 1. The Morgan fingerprint density at radius 3 is 2.55 bits per heavy atom. The van der Waals surface area contributed by atoms with E-state index in [9.17, 15) is 4.79 Å². The van der Waals surface area contributed by atoms with Crippen LogP contribution in [0.15, 0.2) is 52.6 Å². The Balaban J connectivity index is 2.22. The normalized spacial score (nSPS) is 15.6. The van der Waals surface area contributed by atoms with Gasteiger partial charge in [-0.2, -0.15) is 0 Å². The highest BCUT2D eigenvalue weighted by Crippen LogP contribution is 2.44. The summed E-state index contributed by atoms with van der Waals surface area (Å²) in [7, 11) is 3.24. The van der Waals surface area contributed by atoms with Gasteiger partial charge in [-0.05, 0) is 63.8 Å². The van der Waals surface area contributed by atoms with Crippen LogP contribution in [0.1, 0.15) is 25.0 Å². The lowest BCUT2D eigenvalue weighted by molar-refractivity contribution is -0.123. The van der Waals surface area contributed by atoms with Crippen LogP contribution in [0.5, 0.6) is 11.5 Å². The molecule has 0 aliphatic carbocycles. The molecule has 1 aliphatic rings. The first-order valence-corrected chi connectivity index (χ1v) is 10.4. The molecular formula is C23H23BrClNO3. The number of nitrogens with zero attached hydrogens (tertiary/aromatic N) is 1. The predicted octanol–water partition coefficient (Wildman–Crippen LogP) is 6.00. The molecule has 3 rings (SSSR count). The number of rotatable bonds is 6. The van der Waals surface area contributed by atoms with E-state index in [0.717, 1.165) is 28.1 Å². The van der Waals surface area contributed by atoms with Crippen LogP contribution in [0.2, 0.25) is 5.02 Å². The summed E-state index contributed by atoms with van der Waals surface area (Å²) in [4.78, 5) is 14.9. The number of halogens is 2. The number of hydrogen-bond donors (Lipinski definition) is 0. The predicted molar refractivity (Wildman–Crippen MR) is 121 cm³/mol. The summed E-state index contributed by atoms with van der Waals surface area (Å²) in [6, 6.07) is 13.1. The third-order valence-corrected chi connectivity index (χ3v) is 5.55. The molecule has 0 unspecified atom stereocenters. The molecule has 0 spiro atoms. The second-order valence-corrected chi connectivity index (χ2v) is 8.38. The molecule has 0 atom stereocenters. The monoisotopic (exact) mass is 475 g/mol. The Morgan fingerprint density at radius 2 is 1.90 bits per heavy atom. The topological polar surface area (TPSA) is 38.8 Å². The zero-order valence-corrected chi connectivity index (χ0v) is 19.2. The van der Waals surface area contributed by atoms with E-state index in [0.29, 0.717) is 27.7 Å². The molecule has 1 aliphatic heterocycles. The molecule has 0 saturated heterocycles. The van der Waals surface area contributed by atoms with E-state index >= 15 is 0 Å². The number of benzene rings is 2. The fraction of sp³-hybridized carbons (Fsp3) is 0.261. The van der Waals surface area contributed by atoms with E-state index in [4.69, 9.17) is 21.1 Å². The molecule has 0 saturated carbocycles. The molecule has 152 valence electrons. The average Bonchev–Trinajstić information content (AvgIpc) is 2.92. The van der Waals surface area contributed by atoms with Gasteiger partial charge in [-0.1, -0.05) is 37.6 Å². The summed E-state index contributed by atoms with van der Waals surface area (Å²) in [6.45, 7) is 4.76. The van der Waals surface area contributed by atoms with Crippen molar-refractivity contribution in [3.63, 3.8) is 0 Å². The van der Waals surface area contributed by atoms with E-state index in [-0.39, 0.29) is 5.91 Å². The van der Waals surface area contributed by atoms with Crippen molar-refractivity contribution in [3.05, 3.63) is 68.8 Å². The molecule has 0 bridgehead atoms. The van der Waals surface area contributed by atoms with Gasteiger partial charge in [0, 0.05) is 22.7 Å². The van der Waals surface area contributed by atoms with Gasteiger partial charge in [-0.25, -0.2) is 0 Å². The highest BCUT2D eigenvalue weighted by atomic mass is 79.9. The van der Waals surface area contributed by atoms with E-state index in [1.807, 2.05) is 42.5 Å². The molecule has 1 heterocycles. The van der Waals surface area contributed by atoms with Gasteiger partial charge in [0.1, 0.15) is 11.5 Å². The van der Waals surface area contributed by atoms with Gasteiger partial charge >= 0.3 is 0 Å². The van der Waals surface area contributed by atoms with Crippen LogP contribution in [-0.4, -0.2) is 31.6 Å². The average molecular weight is 477 g/mol. The van der Waals surface area contributed by atoms with Crippen molar-refractivity contribution in [2.45, 2.75) is 13.8 Å². The fourth-order valence-electron chi connectivity index (χ4n) is 3.30. The molecular weight excluding hydrogens is 454 g/mol. The van der Waals surface area contributed by atoms with E-state index in [1.54, 1.807) is 25.2 Å². The van der Waals surface area contributed by atoms with Gasteiger partial charge in [-0.15, -0.1) is 0 Å². The van der Waals surface area contributed by atoms with Gasteiger partial charge in [0.05, 0.1) is 24.4 Å². The van der Waals surface area contributed by atoms with Crippen molar-refractivity contribution in [1.29, 1.82) is 0 Å². The van der Waals surface area contributed by atoms with Crippen LogP contribution < -0.4 is 9.47 Å². The highest BCUT2D eigenvalue weighted by Gasteiger charge is 2.36. The summed E-state index contributed by atoms with van der Waals surface area (Å²) in [5.41, 5.74) is 3.25. The summed E-state index contributed by atoms with van der Waals surface area (Å²) < 4.78 is 11.4. The third kappa shape index (κ3) is 4.51. The third-order valence-electron chi connectivity index (χ3n) is 4.58. The van der Waals surface area contributed by atoms with Gasteiger partial charge in [0.2, 0.25) is 0 Å². The quantitative estimate of drug-likeness (QED) is 0.513. The first kappa shape index (κ1) is 21.5. The van der Waals surface area contributed by atoms with E-state index < -0.39 is 0 Å². The number of ether oxygens (including phenoxy) is 2. The van der Waals surface area contributed by atoms with Crippen LogP contribution in [0.25, 0.3) is 11.6 Å². The minimum atomic E-state index is -0.0788. The van der Waals surface area contributed by atoms with Crippen molar-refractivity contribution < 1.29 is 14.3 Å². The molecule has 0 N–H and O–H groups in total. The molecule has 4 nitrogen and oxygen atoms in total. The second-order valence-electron chi connectivity index (χ2n) is 7.15. The van der Waals surface area contributed by atoms with Crippen LogP contribution in [-0.2, 0) is 4.79 Å². The molecule has 0 aromatic heterocycles. The zero-order chi connectivity index (χ0) is 21.1. The maximum absolute atomic E-state index is 13.1. The zero-order valence-electron chi connectivity index (χ0n) is 16.8. The first-order chi connectivity index (χ1) is 13.8. The van der Waals surface area contributed by atoms with Crippen molar-refractivity contribution in [2.24, 2.45) is 5.92 Å². The Labute approximate surface area is 184 Å². The lowest BCUT2D eigenvalue weighted by Crippen LogP contribution is -2.29. The largest absolute Gasteiger partial charge is 0.497 e. The number of carbonyl (C=O) groups excluding carboxylic acids is 1. The summed E-state index contributed by atoms with van der Waals surface area (Å²) >= 11 is 9.81. The summed E-state index contributed by atoms with van der Waals surface area (Å²) in [5, 5.41) is 0.573. The van der Waals surface area contributed by atoms with Gasteiger partial charge < -0.3 is 14.4 Å². The molecule has 0 radical (unpaired) electrons. The fourth-order valence-corrected chi connectivity index (χ4v) is 4.10. The van der Waals surface area contributed by atoms with Crippen LogP contribution in [0.4, 0.5) is 0 Å². The van der Waals surface area contributed by atoms with E-state index in [1.165, 1.54) is 0 Å². The molecule has 0 fully saturated rings. The molecule has 6 heteroatoms. The van der Waals surface area contributed by atoms with Crippen molar-refractivity contribution in [1.82, 2.24) is 4.90 Å². The van der Waals surface area contributed by atoms with Gasteiger partial charge in [-0.3, -0.25) is 4.79 Å². The molecule has 29 heavy (non-hydrogen) atoms. The SMILES string of the molecule is COc1cccc(/C=C2/C(c3cc(Cl)ccc3OC)=C(Br)C(=O)N2CC(C)C)c1. The Bertz CT molecular complexity index is 997. The van der Waals surface area contributed by atoms with Crippen LogP contribution >= 0.6 is 27.5 Å². The maximum atomic E-state index is 13.1. The lowest BCUT2D eigenvalue weighted by atomic mass is 10.0. The Hall–Kier alpha value is -2.24. The minimum Gasteiger partial charge on any atom is -0.497 e.